The summed E-state index contributed by atoms with van der Waals surface area (Å²) in [6.07, 6.45) is -3.53. The van der Waals surface area contributed by atoms with Crippen molar-refractivity contribution in [1.82, 2.24) is 24.8 Å². The predicted octanol–water partition coefficient (Wildman–Crippen LogP) is 3.90. The molecule has 0 aliphatic rings. The van der Waals surface area contributed by atoms with E-state index in [-0.39, 0.29) is 38.8 Å². The summed E-state index contributed by atoms with van der Waals surface area (Å²) in [6.45, 7) is -2.10. The molecule has 2 heterocycles. The number of benzene rings is 2. The highest BCUT2D eigenvalue weighted by atomic mass is 19.4. The maximum Gasteiger partial charge on any atom is 0.416 e. The Bertz CT molecular complexity index is 1590. The molecule has 0 saturated heterocycles. The van der Waals surface area contributed by atoms with Crippen LogP contribution in [0.25, 0.3) is 21.8 Å². The van der Waals surface area contributed by atoms with Crippen LogP contribution in [0.2, 0.25) is 0 Å². The summed E-state index contributed by atoms with van der Waals surface area (Å²) in [6, 6.07) is 5.97. The summed E-state index contributed by atoms with van der Waals surface area (Å²) in [5, 5.41) is 6.11. The number of alkyl halides is 3. The minimum Gasteiger partial charge on any atom is -0.383 e. The van der Waals surface area contributed by atoms with Gasteiger partial charge in [0.2, 0.25) is 5.91 Å². The fraction of sp³-hybridized carbons (Fsp3) is 0.217. The van der Waals surface area contributed by atoms with Gasteiger partial charge in [-0.15, -0.1) is 0 Å². The van der Waals surface area contributed by atoms with E-state index in [9.17, 15) is 27.2 Å². The van der Waals surface area contributed by atoms with Crippen LogP contribution in [0.15, 0.2) is 42.6 Å². The van der Waals surface area contributed by atoms with Crippen molar-refractivity contribution in [2.45, 2.75) is 19.6 Å². The Balaban J connectivity index is 1.82. The van der Waals surface area contributed by atoms with E-state index in [1.165, 1.54) is 31.4 Å². The van der Waals surface area contributed by atoms with E-state index in [0.29, 0.717) is 12.1 Å². The van der Waals surface area contributed by atoms with Crippen LogP contribution in [0.4, 0.5) is 23.4 Å². The van der Waals surface area contributed by atoms with Gasteiger partial charge in [-0.25, -0.2) is 14.4 Å². The van der Waals surface area contributed by atoms with Crippen LogP contribution in [0.3, 0.4) is 0 Å². The number of aryl methyl sites for hydroxylation is 1. The average molecular weight is 491 g/mol. The lowest BCUT2D eigenvalue weighted by Crippen LogP contribution is -2.46. The number of nitrogens with two attached hydrogens (primary N) is 1. The number of halogens is 4. The molecule has 0 aliphatic heterocycles. The van der Waals surface area contributed by atoms with E-state index < -0.39 is 42.9 Å². The molecule has 8 nitrogen and oxygen atoms in total. The smallest absolute Gasteiger partial charge is 0.383 e. The largest absolute Gasteiger partial charge is 0.416 e. The zero-order chi connectivity index (χ0) is 28.2. The van der Waals surface area contributed by atoms with Crippen molar-refractivity contribution in [2.24, 2.45) is 6.98 Å². The lowest BCUT2D eigenvalue weighted by Gasteiger charge is -2.31. The van der Waals surface area contributed by atoms with Gasteiger partial charge in [0.1, 0.15) is 11.6 Å². The van der Waals surface area contributed by atoms with Crippen LogP contribution < -0.4 is 5.73 Å². The normalized spacial score (nSPS) is 13.4. The van der Waals surface area contributed by atoms with E-state index in [1.54, 1.807) is 0 Å². The third-order valence-corrected chi connectivity index (χ3v) is 5.54. The predicted molar refractivity (Wildman–Crippen MR) is 120 cm³/mol. The van der Waals surface area contributed by atoms with Crippen molar-refractivity contribution in [3.63, 3.8) is 0 Å². The molecule has 35 heavy (non-hydrogen) atoms. The van der Waals surface area contributed by atoms with Gasteiger partial charge in [-0.3, -0.25) is 19.3 Å². The van der Waals surface area contributed by atoms with Gasteiger partial charge in [0.15, 0.2) is 0 Å². The Morgan fingerprint density at radius 2 is 1.91 bits per heavy atom. The number of pyridine rings is 1. The third kappa shape index (κ3) is 4.34. The van der Waals surface area contributed by atoms with E-state index >= 15 is 0 Å². The van der Waals surface area contributed by atoms with Crippen LogP contribution >= 0.6 is 0 Å². The Hall–Kier alpha value is -4.22. The van der Waals surface area contributed by atoms with Gasteiger partial charge in [0.05, 0.1) is 34.7 Å². The lowest BCUT2D eigenvalue weighted by molar-refractivity contribution is -0.140. The summed E-state index contributed by atoms with van der Waals surface area (Å²) >= 11 is 0. The number of anilines is 1. The number of fused-ring (bicyclic) bond motifs is 3. The van der Waals surface area contributed by atoms with Crippen molar-refractivity contribution in [3.8, 4) is 0 Å². The second-order valence-electron chi connectivity index (χ2n) is 7.76. The molecule has 0 atom stereocenters. The van der Waals surface area contributed by atoms with Gasteiger partial charge in [-0.05, 0) is 30.3 Å². The van der Waals surface area contributed by atoms with Crippen molar-refractivity contribution in [2.75, 3.05) is 12.8 Å². The molecule has 12 heteroatoms. The second-order valence-corrected chi connectivity index (χ2v) is 7.76. The van der Waals surface area contributed by atoms with E-state index in [0.717, 1.165) is 27.7 Å². The third-order valence-electron chi connectivity index (χ3n) is 5.54. The van der Waals surface area contributed by atoms with Crippen LogP contribution in [-0.4, -0.2) is 43.6 Å². The molecular weight excluding hydrogens is 468 g/mol. The zero-order valence-electron chi connectivity index (χ0n) is 21.4. The van der Waals surface area contributed by atoms with Crippen LogP contribution in [0.1, 0.15) is 32.5 Å². The average Bonchev–Trinajstić information content (AvgIpc) is 3.29. The standard InChI is InChI=1S/C23H20F4N6O2/c1-12(34)32(3)33(11-14-4-6-15(9-18(14)24)23(25,26)27)22(35)13-5-7-19-16(8-13)20-17(21(28)30-19)10-29-31(20)2/h4-10H,11H2,1-3H3,(H2,28,30)/i2D3. The fourth-order valence-corrected chi connectivity index (χ4v) is 3.59. The summed E-state index contributed by atoms with van der Waals surface area (Å²) in [7, 11) is 1.24. The van der Waals surface area contributed by atoms with Crippen LogP contribution in [0, 0.1) is 5.82 Å². The monoisotopic (exact) mass is 491 g/mol. The highest BCUT2D eigenvalue weighted by molar-refractivity contribution is 6.10. The van der Waals surface area contributed by atoms with Gasteiger partial charge in [-0.2, -0.15) is 18.3 Å². The van der Waals surface area contributed by atoms with Crippen LogP contribution in [0.5, 0.6) is 0 Å². The number of nitrogen functional groups attached to an aromatic ring is 1. The second kappa shape index (κ2) is 8.53. The summed E-state index contributed by atoms with van der Waals surface area (Å²) < 4.78 is 77.5. The first-order valence-electron chi connectivity index (χ1n) is 11.6. The highest BCUT2D eigenvalue weighted by Crippen LogP contribution is 2.31. The molecular formula is C23H20F4N6O2. The zero-order valence-corrected chi connectivity index (χ0v) is 18.4. The summed E-state index contributed by atoms with van der Waals surface area (Å²) in [5.41, 5.74) is 4.82. The molecule has 0 spiro atoms. The molecule has 0 saturated carbocycles. The number of amides is 2. The van der Waals surface area contributed by atoms with Gasteiger partial charge in [0.25, 0.3) is 5.91 Å². The van der Waals surface area contributed by atoms with E-state index in [2.05, 4.69) is 10.1 Å². The molecule has 0 aliphatic carbocycles. The fourth-order valence-electron chi connectivity index (χ4n) is 3.59. The number of carbonyl (C=O) groups excluding carboxylic acids is 2. The quantitative estimate of drug-likeness (QED) is 0.346. The van der Waals surface area contributed by atoms with Crippen molar-refractivity contribution in [1.29, 1.82) is 0 Å². The molecule has 4 aromatic rings. The molecule has 0 bridgehead atoms. The van der Waals surface area contributed by atoms with Crippen molar-refractivity contribution >= 4 is 39.4 Å². The maximum absolute atomic E-state index is 14.6. The summed E-state index contributed by atoms with van der Waals surface area (Å²) in [5.74, 6) is -2.61. The summed E-state index contributed by atoms with van der Waals surface area (Å²) in [4.78, 5) is 29.9. The number of hydrazine groups is 1. The Morgan fingerprint density at radius 1 is 1.17 bits per heavy atom. The molecule has 0 radical (unpaired) electrons. The first-order chi connectivity index (χ1) is 17.6. The number of carbonyl (C=O) groups is 2. The van der Waals surface area contributed by atoms with Crippen LogP contribution in [-0.2, 0) is 24.5 Å². The molecule has 2 amide bonds. The first kappa shape index (κ1) is 20.2. The Morgan fingerprint density at radius 3 is 2.54 bits per heavy atom. The maximum atomic E-state index is 14.6. The number of hydrogen-bond donors (Lipinski definition) is 1. The van der Waals surface area contributed by atoms with Gasteiger partial charge in [-0.1, -0.05) is 6.07 Å². The van der Waals surface area contributed by atoms with Gasteiger partial charge < -0.3 is 5.73 Å². The number of nitrogens with zero attached hydrogens (tertiary/aromatic N) is 5. The van der Waals surface area contributed by atoms with Gasteiger partial charge in [0, 0.05) is 41.6 Å². The minimum atomic E-state index is -4.76. The molecule has 2 aromatic heterocycles. The molecule has 0 fully saturated rings. The first-order valence-corrected chi connectivity index (χ1v) is 10.1. The van der Waals surface area contributed by atoms with E-state index in [4.69, 9.17) is 9.85 Å². The number of aromatic nitrogens is 3. The Labute approximate surface area is 200 Å². The topological polar surface area (TPSA) is 97.3 Å². The molecule has 2 N–H and O–H groups in total. The highest BCUT2D eigenvalue weighted by Gasteiger charge is 2.32. The molecule has 2 aromatic carbocycles. The number of hydrogen-bond acceptors (Lipinski definition) is 5. The van der Waals surface area contributed by atoms with Gasteiger partial charge >= 0.3 is 6.18 Å². The Kier molecular flexibility index (Phi) is 4.92. The number of rotatable bonds is 3. The van der Waals surface area contributed by atoms with E-state index in [1.807, 2.05) is 0 Å². The molecule has 182 valence electrons. The minimum absolute atomic E-state index is 0.0257. The molecule has 0 unspecified atom stereocenters. The SMILES string of the molecule is [2H]C([2H])([2H])n1ncc2c(N)nc3ccc(C(=O)N(Cc4ccc(C(F)(F)F)cc4F)N(C)C(C)=O)cc3c21. The van der Waals surface area contributed by atoms with Crippen molar-refractivity contribution < 1.29 is 31.3 Å². The lowest BCUT2D eigenvalue weighted by atomic mass is 10.1. The molecule has 4 rings (SSSR count). The van der Waals surface area contributed by atoms with Crippen molar-refractivity contribution in [3.05, 3.63) is 65.1 Å².